The van der Waals surface area contributed by atoms with E-state index in [4.69, 9.17) is 14.4 Å². The molecule has 0 saturated carbocycles. The van der Waals surface area contributed by atoms with Crippen LogP contribution in [-0.2, 0) is 16.2 Å². The second kappa shape index (κ2) is 21.0. The fourth-order valence-corrected chi connectivity index (χ4v) is 8.55. The molecule has 0 aliphatic rings. The average molecular weight is 901 g/mol. The van der Waals surface area contributed by atoms with Crippen molar-refractivity contribution >= 4 is 33.8 Å². The number of aliphatic carboxylic acids is 1. The van der Waals surface area contributed by atoms with Gasteiger partial charge in [-0.25, -0.2) is 9.78 Å². The number of nitrogens with one attached hydrogen (secondary N) is 1. The monoisotopic (exact) mass is 900 g/mol. The van der Waals surface area contributed by atoms with Gasteiger partial charge in [-0.2, -0.15) is 4.73 Å². The summed E-state index contributed by atoms with van der Waals surface area (Å²) in [7, 11) is 0. The van der Waals surface area contributed by atoms with Gasteiger partial charge in [0.15, 0.2) is 23.6 Å². The Labute approximate surface area is 391 Å². The van der Waals surface area contributed by atoms with Crippen LogP contribution in [0.3, 0.4) is 0 Å². The molecule has 0 radical (unpaired) electrons. The van der Waals surface area contributed by atoms with E-state index in [1.807, 2.05) is 176 Å². The number of carbonyl (C=O) groups is 1. The Kier molecular flexibility index (Phi) is 13.7. The highest BCUT2D eigenvalue weighted by Gasteiger charge is 2.24. The number of pyridine rings is 1. The molecule has 0 spiro atoms. The summed E-state index contributed by atoms with van der Waals surface area (Å²) in [6.07, 6.45) is 0.250. The van der Waals surface area contributed by atoms with Gasteiger partial charge in [-0.3, -0.25) is 4.79 Å². The molecule has 0 aliphatic carbocycles. The van der Waals surface area contributed by atoms with Crippen molar-refractivity contribution in [1.29, 1.82) is 0 Å². The van der Waals surface area contributed by atoms with Crippen LogP contribution in [0.15, 0.2) is 234 Å². The largest absolute Gasteiger partial charge is 0.476 e. The van der Waals surface area contributed by atoms with E-state index < -0.39 is 29.3 Å². The zero-order valence-electron chi connectivity index (χ0n) is 36.0. The standard InChI is InChI=1S/C56H44N4O6S/c61-49-35-45(37-64-59-52(55(62)63)48-38-67-56(58-48)57-47-34-20-19-33-46(47)51(39-21-7-1-8-22-39)40-23-9-2-10-24-40)60(66-54(43-29-15-5-16-30-43)44-31-17-6-18-32-44)36-50(49)65-53(41-25-11-3-12-26-41)42-27-13-4-14-28-42/h1-36,38,51,53-54H,37H2,(H,57,58)(H,62,63). The van der Waals surface area contributed by atoms with Crippen LogP contribution in [0.5, 0.6) is 5.75 Å². The Morgan fingerprint density at radius 1 is 0.627 bits per heavy atom. The van der Waals surface area contributed by atoms with Crippen molar-refractivity contribution in [2.24, 2.45) is 5.16 Å². The van der Waals surface area contributed by atoms with E-state index in [-0.39, 0.29) is 29.7 Å². The number of carboxylic acids is 1. The van der Waals surface area contributed by atoms with Crippen molar-refractivity contribution in [3.05, 3.63) is 284 Å². The lowest BCUT2D eigenvalue weighted by molar-refractivity contribution is -0.129. The smallest absolute Gasteiger partial charge is 0.360 e. The molecular weight excluding hydrogens is 857 g/mol. The van der Waals surface area contributed by atoms with E-state index in [1.165, 1.54) is 28.3 Å². The molecule has 0 saturated heterocycles. The molecule has 2 N–H and O–H groups in total. The zero-order valence-corrected chi connectivity index (χ0v) is 36.9. The molecule has 0 bridgehead atoms. The highest BCUT2D eigenvalue weighted by atomic mass is 32.1. The minimum atomic E-state index is -1.34. The van der Waals surface area contributed by atoms with Crippen molar-refractivity contribution in [2.45, 2.75) is 24.7 Å². The Morgan fingerprint density at radius 3 is 1.60 bits per heavy atom. The van der Waals surface area contributed by atoms with Crippen molar-refractivity contribution in [3.63, 3.8) is 0 Å². The van der Waals surface area contributed by atoms with Crippen LogP contribution >= 0.6 is 11.3 Å². The Bertz CT molecular complexity index is 3000. The number of benzene rings is 7. The van der Waals surface area contributed by atoms with Gasteiger partial charge in [-0.05, 0) is 45.0 Å². The summed E-state index contributed by atoms with van der Waals surface area (Å²) >= 11 is 1.24. The predicted octanol–water partition coefficient (Wildman–Crippen LogP) is 11.6. The maximum atomic E-state index is 14.0. The minimum Gasteiger partial charge on any atom is -0.476 e. The van der Waals surface area contributed by atoms with Crippen molar-refractivity contribution < 1.29 is 24.3 Å². The number of rotatable bonds is 18. The summed E-state index contributed by atoms with van der Waals surface area (Å²) in [6.45, 7) is -0.341. The number of thiazole rings is 1. The van der Waals surface area contributed by atoms with Crippen LogP contribution in [0.25, 0.3) is 0 Å². The molecule has 0 unspecified atom stereocenters. The summed E-state index contributed by atoms with van der Waals surface area (Å²) in [5.41, 5.74) is 6.98. The van der Waals surface area contributed by atoms with E-state index >= 15 is 0 Å². The summed E-state index contributed by atoms with van der Waals surface area (Å²) in [5, 5.41) is 20.0. The van der Waals surface area contributed by atoms with Crippen LogP contribution in [0.1, 0.15) is 68.5 Å². The van der Waals surface area contributed by atoms with Gasteiger partial charge in [0.25, 0.3) is 0 Å². The van der Waals surface area contributed by atoms with E-state index in [9.17, 15) is 14.7 Å². The van der Waals surface area contributed by atoms with Gasteiger partial charge < -0.3 is 24.8 Å². The van der Waals surface area contributed by atoms with Crippen LogP contribution in [0.2, 0.25) is 0 Å². The van der Waals surface area contributed by atoms with E-state index in [0.717, 1.165) is 44.6 Å². The van der Waals surface area contributed by atoms with Crippen LogP contribution in [-0.4, -0.2) is 26.5 Å². The number of nitrogens with zero attached hydrogens (tertiary/aromatic N) is 3. The van der Waals surface area contributed by atoms with Gasteiger partial charge in [0, 0.05) is 23.1 Å². The quantitative estimate of drug-likeness (QED) is 0.0496. The molecule has 0 atom stereocenters. The Hall–Kier alpha value is -8.54. The SMILES string of the molecule is O=C(O)C(=NOCc1cc(=O)c(OC(c2ccccc2)c2ccccc2)cn1OC(c1ccccc1)c1ccccc1)c1csc(Nc2ccccc2C(c2ccccc2)c2ccccc2)n1. The molecule has 0 fully saturated rings. The summed E-state index contributed by atoms with van der Waals surface area (Å²) in [5.74, 6) is -1.40. The number of anilines is 2. The molecule has 9 aromatic rings. The number of aromatic nitrogens is 2. The lowest BCUT2D eigenvalue weighted by Gasteiger charge is -2.25. The van der Waals surface area contributed by atoms with Crippen molar-refractivity contribution in [1.82, 2.24) is 9.71 Å². The number of hydrogen-bond acceptors (Lipinski definition) is 9. The van der Waals surface area contributed by atoms with Crippen molar-refractivity contribution in [3.8, 4) is 5.75 Å². The molecule has 10 nitrogen and oxygen atoms in total. The van der Waals surface area contributed by atoms with Gasteiger partial charge in [0.2, 0.25) is 11.1 Å². The fourth-order valence-electron chi connectivity index (χ4n) is 7.84. The summed E-state index contributed by atoms with van der Waals surface area (Å²) in [6, 6.07) is 68.6. The van der Waals surface area contributed by atoms with Crippen LogP contribution in [0.4, 0.5) is 10.8 Å². The third-order valence-electron chi connectivity index (χ3n) is 11.0. The van der Waals surface area contributed by atoms with Crippen LogP contribution in [0, 0.1) is 0 Å². The van der Waals surface area contributed by atoms with E-state index in [2.05, 4.69) is 45.8 Å². The predicted molar refractivity (Wildman–Crippen MR) is 262 cm³/mol. The lowest BCUT2D eigenvalue weighted by atomic mass is 9.84. The van der Waals surface area contributed by atoms with E-state index in [0.29, 0.717) is 5.13 Å². The number of carboxylic acid groups (broad SMARTS) is 1. The topological polar surface area (TPSA) is 124 Å². The van der Waals surface area contributed by atoms with Gasteiger partial charge >= 0.3 is 5.97 Å². The first-order chi connectivity index (χ1) is 33.0. The maximum Gasteiger partial charge on any atom is 0.360 e. The van der Waals surface area contributed by atoms with Gasteiger partial charge in [0.05, 0.1) is 6.20 Å². The average Bonchev–Trinajstić information content (AvgIpc) is 3.84. The zero-order chi connectivity index (χ0) is 45.8. The molecule has 9 rings (SSSR count). The second-order valence-electron chi connectivity index (χ2n) is 15.5. The Balaban J connectivity index is 1.02. The Morgan fingerprint density at radius 2 is 1.09 bits per heavy atom. The van der Waals surface area contributed by atoms with Crippen LogP contribution < -0.4 is 20.3 Å². The maximum absolute atomic E-state index is 14.0. The van der Waals surface area contributed by atoms with Gasteiger partial charge in [-0.15, -0.1) is 11.3 Å². The minimum absolute atomic E-state index is 0.0268. The lowest BCUT2D eigenvalue weighted by Crippen LogP contribution is -2.26. The molecule has 0 aliphatic heterocycles. The molecule has 330 valence electrons. The highest BCUT2D eigenvalue weighted by Crippen LogP contribution is 2.38. The molecule has 11 heteroatoms. The van der Waals surface area contributed by atoms with Gasteiger partial charge in [-0.1, -0.05) is 205 Å². The number of hydrogen-bond donors (Lipinski definition) is 2. The number of oxime groups is 1. The third-order valence-corrected chi connectivity index (χ3v) is 11.8. The third kappa shape index (κ3) is 10.5. The normalized spacial score (nSPS) is 11.4. The molecule has 2 heterocycles. The van der Waals surface area contributed by atoms with E-state index in [1.54, 1.807) is 5.38 Å². The molecule has 7 aromatic carbocycles. The summed E-state index contributed by atoms with van der Waals surface area (Å²) in [4.78, 5) is 44.0. The molecule has 2 aromatic heterocycles. The van der Waals surface area contributed by atoms with Gasteiger partial charge in [0.1, 0.15) is 17.5 Å². The number of para-hydroxylation sites is 1. The fraction of sp³-hybridized carbons (Fsp3) is 0.0714. The highest BCUT2D eigenvalue weighted by molar-refractivity contribution is 7.14. The van der Waals surface area contributed by atoms with Crippen molar-refractivity contribution in [2.75, 3.05) is 5.32 Å². The first kappa shape index (κ1) is 43.7. The number of ether oxygens (including phenoxy) is 1. The summed E-state index contributed by atoms with van der Waals surface area (Å²) < 4.78 is 8.01. The molecule has 67 heavy (non-hydrogen) atoms. The second-order valence-corrected chi connectivity index (χ2v) is 16.3. The first-order valence-corrected chi connectivity index (χ1v) is 22.5. The molecule has 0 amide bonds. The first-order valence-electron chi connectivity index (χ1n) is 21.6. The molecular formula is C56H44N4O6S.